The zero-order chi connectivity index (χ0) is 9.97. The summed E-state index contributed by atoms with van der Waals surface area (Å²) in [6.45, 7) is 0. The Kier molecular flexibility index (Phi) is 2.50. The van der Waals surface area contributed by atoms with E-state index in [9.17, 15) is 0 Å². The van der Waals surface area contributed by atoms with Gasteiger partial charge in [-0.1, -0.05) is 0 Å². The first-order valence-electron chi connectivity index (χ1n) is 4.17. The first-order valence-corrected chi connectivity index (χ1v) is 4.96. The third-order valence-electron chi connectivity index (χ3n) is 1.90. The number of rotatable bonds is 1. The number of pyridine rings is 1. The summed E-state index contributed by atoms with van der Waals surface area (Å²) in [5.41, 5.74) is 1.86. The topological polar surface area (TPSA) is 33.1 Å². The Morgan fingerprint density at radius 3 is 2.43 bits per heavy atom. The molecule has 3 heteroatoms. The average molecular weight is 250 g/mol. The van der Waals surface area contributed by atoms with Gasteiger partial charge < -0.3 is 5.11 Å². The monoisotopic (exact) mass is 249 g/mol. The van der Waals surface area contributed by atoms with Gasteiger partial charge in [-0.3, -0.25) is 4.98 Å². The summed E-state index contributed by atoms with van der Waals surface area (Å²) < 4.78 is 0.950. The number of hydrogen-bond acceptors (Lipinski definition) is 2. The van der Waals surface area contributed by atoms with Gasteiger partial charge in [-0.15, -0.1) is 0 Å². The van der Waals surface area contributed by atoms with Crippen LogP contribution < -0.4 is 0 Å². The number of aromatic nitrogens is 1. The second-order valence-corrected chi connectivity index (χ2v) is 3.74. The number of phenols is 1. The third-order valence-corrected chi connectivity index (χ3v) is 2.54. The molecule has 1 aromatic heterocycles. The highest BCUT2D eigenvalue weighted by Gasteiger charge is 2.02. The SMILES string of the molecule is Oc1ccc(-c2ncccc2Br)cc1. The fraction of sp³-hybridized carbons (Fsp3) is 0. The van der Waals surface area contributed by atoms with E-state index in [2.05, 4.69) is 20.9 Å². The standard InChI is InChI=1S/C11H8BrNO/c12-10-2-1-7-13-11(10)8-3-5-9(14)6-4-8/h1-7,14H. The fourth-order valence-corrected chi connectivity index (χ4v) is 1.70. The second kappa shape index (κ2) is 3.80. The molecule has 0 saturated heterocycles. The number of phenolic OH excluding ortho intramolecular Hbond substituents is 1. The van der Waals surface area contributed by atoms with Gasteiger partial charge in [0.2, 0.25) is 0 Å². The van der Waals surface area contributed by atoms with Crippen LogP contribution in [-0.2, 0) is 0 Å². The lowest BCUT2D eigenvalue weighted by molar-refractivity contribution is 0.475. The molecule has 2 rings (SSSR count). The summed E-state index contributed by atoms with van der Waals surface area (Å²) in [6, 6.07) is 10.8. The Morgan fingerprint density at radius 2 is 1.79 bits per heavy atom. The van der Waals surface area contributed by atoms with E-state index < -0.39 is 0 Å². The highest BCUT2D eigenvalue weighted by molar-refractivity contribution is 9.10. The molecule has 0 saturated carbocycles. The van der Waals surface area contributed by atoms with E-state index in [4.69, 9.17) is 5.11 Å². The van der Waals surface area contributed by atoms with E-state index in [-0.39, 0.29) is 5.75 Å². The molecule has 14 heavy (non-hydrogen) atoms. The van der Waals surface area contributed by atoms with Crippen molar-refractivity contribution in [1.29, 1.82) is 0 Å². The fourth-order valence-electron chi connectivity index (χ4n) is 1.22. The molecule has 0 fully saturated rings. The van der Waals surface area contributed by atoms with E-state index in [0.29, 0.717) is 0 Å². The molecule has 2 aromatic rings. The van der Waals surface area contributed by atoms with Crippen molar-refractivity contribution in [2.24, 2.45) is 0 Å². The van der Waals surface area contributed by atoms with Crippen molar-refractivity contribution >= 4 is 15.9 Å². The number of halogens is 1. The van der Waals surface area contributed by atoms with Crippen molar-refractivity contribution in [3.05, 3.63) is 47.1 Å². The molecule has 0 aliphatic carbocycles. The smallest absolute Gasteiger partial charge is 0.115 e. The van der Waals surface area contributed by atoms with Gasteiger partial charge in [0.1, 0.15) is 5.75 Å². The maximum atomic E-state index is 9.14. The zero-order valence-electron chi connectivity index (χ0n) is 7.31. The molecule has 0 spiro atoms. The summed E-state index contributed by atoms with van der Waals surface area (Å²) in [6.07, 6.45) is 1.74. The van der Waals surface area contributed by atoms with E-state index >= 15 is 0 Å². The molecule has 2 nitrogen and oxygen atoms in total. The minimum absolute atomic E-state index is 0.265. The van der Waals surface area contributed by atoms with Crippen LogP contribution >= 0.6 is 15.9 Å². The molecule has 0 aliphatic heterocycles. The molecule has 0 radical (unpaired) electrons. The summed E-state index contributed by atoms with van der Waals surface area (Å²) in [4.78, 5) is 4.25. The number of nitrogens with zero attached hydrogens (tertiary/aromatic N) is 1. The molecule has 0 aliphatic rings. The summed E-state index contributed by atoms with van der Waals surface area (Å²) in [5.74, 6) is 0.265. The van der Waals surface area contributed by atoms with Gasteiger partial charge >= 0.3 is 0 Å². The lowest BCUT2D eigenvalue weighted by atomic mass is 10.1. The second-order valence-electron chi connectivity index (χ2n) is 2.88. The van der Waals surface area contributed by atoms with Crippen LogP contribution in [0.25, 0.3) is 11.3 Å². The van der Waals surface area contributed by atoms with Crippen LogP contribution in [0, 0.1) is 0 Å². The Balaban J connectivity index is 2.50. The van der Waals surface area contributed by atoms with E-state index in [0.717, 1.165) is 15.7 Å². The Bertz CT molecular complexity index is 439. The average Bonchev–Trinajstić information content (AvgIpc) is 2.20. The van der Waals surface area contributed by atoms with Gasteiger partial charge in [0.05, 0.1) is 5.69 Å². The van der Waals surface area contributed by atoms with Crippen molar-refractivity contribution in [3.63, 3.8) is 0 Å². The maximum Gasteiger partial charge on any atom is 0.115 e. The predicted octanol–water partition coefficient (Wildman–Crippen LogP) is 3.22. The van der Waals surface area contributed by atoms with Crippen molar-refractivity contribution in [1.82, 2.24) is 4.98 Å². The molecule has 0 atom stereocenters. The predicted molar refractivity (Wildman–Crippen MR) is 59.0 cm³/mol. The van der Waals surface area contributed by atoms with Gasteiger partial charge in [0.25, 0.3) is 0 Å². The van der Waals surface area contributed by atoms with E-state index in [1.807, 2.05) is 24.3 Å². The van der Waals surface area contributed by atoms with Crippen molar-refractivity contribution < 1.29 is 5.11 Å². The van der Waals surface area contributed by atoms with Gasteiger partial charge in [0, 0.05) is 16.2 Å². The summed E-state index contributed by atoms with van der Waals surface area (Å²) in [7, 11) is 0. The summed E-state index contributed by atoms with van der Waals surface area (Å²) >= 11 is 3.43. The van der Waals surface area contributed by atoms with Crippen LogP contribution in [0.5, 0.6) is 5.75 Å². The van der Waals surface area contributed by atoms with Crippen LogP contribution in [-0.4, -0.2) is 10.1 Å². The van der Waals surface area contributed by atoms with Crippen molar-refractivity contribution in [2.45, 2.75) is 0 Å². The van der Waals surface area contributed by atoms with Crippen LogP contribution in [0.15, 0.2) is 47.1 Å². The third kappa shape index (κ3) is 1.77. The van der Waals surface area contributed by atoms with Crippen LogP contribution in [0.1, 0.15) is 0 Å². The summed E-state index contributed by atoms with van der Waals surface area (Å²) in [5, 5.41) is 9.14. The molecule has 70 valence electrons. The van der Waals surface area contributed by atoms with Crippen molar-refractivity contribution in [3.8, 4) is 17.0 Å². The molecule has 0 unspecified atom stereocenters. The first kappa shape index (κ1) is 9.21. The largest absolute Gasteiger partial charge is 0.508 e. The molecular formula is C11H8BrNO. The first-order chi connectivity index (χ1) is 6.77. The highest BCUT2D eigenvalue weighted by atomic mass is 79.9. The molecule has 0 amide bonds. The maximum absolute atomic E-state index is 9.14. The lowest BCUT2D eigenvalue weighted by Gasteiger charge is -2.02. The van der Waals surface area contributed by atoms with Gasteiger partial charge in [-0.05, 0) is 52.3 Å². The van der Waals surface area contributed by atoms with Crippen LogP contribution in [0.2, 0.25) is 0 Å². The van der Waals surface area contributed by atoms with E-state index in [1.54, 1.807) is 18.3 Å². The highest BCUT2D eigenvalue weighted by Crippen LogP contribution is 2.26. The quantitative estimate of drug-likeness (QED) is 0.842. The molecule has 1 aromatic carbocycles. The Morgan fingerprint density at radius 1 is 1.07 bits per heavy atom. The zero-order valence-corrected chi connectivity index (χ0v) is 8.90. The Labute approximate surface area is 90.4 Å². The lowest BCUT2D eigenvalue weighted by Crippen LogP contribution is -1.83. The Hall–Kier alpha value is -1.35. The van der Waals surface area contributed by atoms with E-state index in [1.165, 1.54) is 0 Å². The van der Waals surface area contributed by atoms with Gasteiger partial charge in [-0.25, -0.2) is 0 Å². The van der Waals surface area contributed by atoms with Gasteiger partial charge in [-0.2, -0.15) is 0 Å². The van der Waals surface area contributed by atoms with Gasteiger partial charge in [0.15, 0.2) is 0 Å². The van der Waals surface area contributed by atoms with Crippen molar-refractivity contribution in [2.75, 3.05) is 0 Å². The molecular weight excluding hydrogens is 242 g/mol. The molecule has 1 heterocycles. The number of hydrogen-bond donors (Lipinski definition) is 1. The minimum atomic E-state index is 0.265. The van der Waals surface area contributed by atoms with Crippen LogP contribution in [0.3, 0.4) is 0 Å². The number of benzene rings is 1. The normalized spacial score (nSPS) is 10.1. The molecule has 1 N–H and O–H groups in total. The molecule has 0 bridgehead atoms. The number of aromatic hydroxyl groups is 1. The van der Waals surface area contributed by atoms with Crippen LogP contribution in [0.4, 0.5) is 0 Å². The minimum Gasteiger partial charge on any atom is -0.508 e.